The van der Waals surface area contributed by atoms with E-state index in [-0.39, 0.29) is 25.0 Å². The van der Waals surface area contributed by atoms with Crippen LogP contribution in [0.3, 0.4) is 0 Å². The molecule has 0 aromatic heterocycles. The van der Waals surface area contributed by atoms with Gasteiger partial charge in [0.1, 0.15) is 5.60 Å². The van der Waals surface area contributed by atoms with Crippen molar-refractivity contribution < 1.29 is 24.2 Å². The molecule has 1 fully saturated rings. The van der Waals surface area contributed by atoms with E-state index in [4.69, 9.17) is 15.6 Å². The largest absolute Gasteiger partial charge is 0.456 e. The van der Waals surface area contributed by atoms with Crippen LogP contribution in [-0.2, 0) is 20.7 Å². The highest BCUT2D eigenvalue weighted by atomic mass is 16.6. The van der Waals surface area contributed by atoms with E-state index in [0.29, 0.717) is 37.3 Å². The zero-order chi connectivity index (χ0) is 25.6. The van der Waals surface area contributed by atoms with E-state index in [1.54, 1.807) is 49.9 Å². The Kier molecular flexibility index (Phi) is 8.61. The first kappa shape index (κ1) is 26.3. The minimum atomic E-state index is -0.768. The smallest absolute Gasteiger partial charge is 0.338 e. The highest BCUT2D eigenvalue weighted by Crippen LogP contribution is 2.19. The molecule has 4 N–H and O–H groups in total. The van der Waals surface area contributed by atoms with Crippen LogP contribution in [0.1, 0.15) is 36.7 Å². The predicted molar refractivity (Wildman–Crippen MR) is 134 cm³/mol. The van der Waals surface area contributed by atoms with Gasteiger partial charge in [-0.2, -0.15) is 0 Å². The van der Waals surface area contributed by atoms with Crippen LogP contribution in [0.4, 0.5) is 11.4 Å². The van der Waals surface area contributed by atoms with Crippen molar-refractivity contribution in [1.82, 2.24) is 4.90 Å². The van der Waals surface area contributed by atoms with Crippen LogP contribution in [0.5, 0.6) is 0 Å². The van der Waals surface area contributed by atoms with E-state index in [0.717, 1.165) is 11.3 Å². The summed E-state index contributed by atoms with van der Waals surface area (Å²) < 4.78 is 5.34. The van der Waals surface area contributed by atoms with Crippen molar-refractivity contribution in [2.45, 2.75) is 38.8 Å². The summed E-state index contributed by atoms with van der Waals surface area (Å²) in [6.07, 6.45) is 0.334. The molecule has 1 aliphatic heterocycles. The van der Waals surface area contributed by atoms with Crippen molar-refractivity contribution in [2.24, 2.45) is 5.73 Å². The van der Waals surface area contributed by atoms with E-state index in [1.807, 2.05) is 29.2 Å². The number of anilines is 2. The lowest BCUT2D eigenvalue weighted by atomic mass is 10.0. The molecule has 2 aromatic carbocycles. The van der Waals surface area contributed by atoms with Crippen LogP contribution in [0, 0.1) is 0 Å². The van der Waals surface area contributed by atoms with Gasteiger partial charge < -0.3 is 25.8 Å². The fraction of sp³-hybridized carbons (Fsp3) is 0.423. The van der Waals surface area contributed by atoms with Crippen molar-refractivity contribution in [3.05, 3.63) is 59.7 Å². The molecule has 0 spiro atoms. The summed E-state index contributed by atoms with van der Waals surface area (Å²) in [7, 11) is 0. The Hall–Kier alpha value is -3.27. The van der Waals surface area contributed by atoms with Gasteiger partial charge in [-0.15, -0.1) is 0 Å². The van der Waals surface area contributed by atoms with Crippen molar-refractivity contribution in [1.29, 1.82) is 0 Å². The van der Waals surface area contributed by atoms with Gasteiger partial charge in [0.2, 0.25) is 11.8 Å². The highest BCUT2D eigenvalue weighted by molar-refractivity contribution is 5.96. The zero-order valence-corrected chi connectivity index (χ0v) is 20.5. The average Bonchev–Trinajstić information content (AvgIpc) is 2.79. The van der Waals surface area contributed by atoms with Gasteiger partial charge in [0.25, 0.3) is 0 Å². The number of carbonyl (C=O) groups excluding carboxylic acids is 3. The molecule has 188 valence electrons. The maximum atomic E-state index is 12.6. The lowest BCUT2D eigenvalue weighted by Gasteiger charge is -2.34. The maximum absolute atomic E-state index is 12.6. The summed E-state index contributed by atoms with van der Waals surface area (Å²) in [5.74, 6) is -0.773. The number of esters is 1. The lowest BCUT2D eigenvalue weighted by molar-refractivity contribution is -0.121. The fourth-order valence-electron chi connectivity index (χ4n) is 3.75. The van der Waals surface area contributed by atoms with Gasteiger partial charge in [-0.25, -0.2) is 4.79 Å². The number of amides is 2. The zero-order valence-electron chi connectivity index (χ0n) is 20.5. The Balaban J connectivity index is 1.52. The molecule has 2 aromatic rings. The monoisotopic (exact) mass is 482 g/mol. The van der Waals surface area contributed by atoms with Gasteiger partial charge in [0.15, 0.2) is 0 Å². The summed E-state index contributed by atoms with van der Waals surface area (Å²) >= 11 is 0. The molecule has 3 rings (SSSR count). The number of nitrogens with one attached hydrogen (secondary N) is 1. The Morgan fingerprint density at radius 1 is 1.09 bits per heavy atom. The van der Waals surface area contributed by atoms with Crippen molar-refractivity contribution >= 4 is 29.2 Å². The SMILES string of the molecule is CC(C)(C)OC(=O)c1ccc(NC(=O)C(N)Cc2ccc(N3CCN(CCO)CC3=O)cc2)cc1. The molecule has 35 heavy (non-hydrogen) atoms. The van der Waals surface area contributed by atoms with Crippen molar-refractivity contribution in [2.75, 3.05) is 43.0 Å². The first-order chi connectivity index (χ1) is 16.6. The van der Waals surface area contributed by atoms with Crippen molar-refractivity contribution in [3.8, 4) is 0 Å². The standard InChI is InChI=1S/C26H34N4O5/c1-26(2,3)35-25(34)19-6-8-20(9-7-19)28-24(33)22(27)16-18-4-10-21(11-5-18)30-13-12-29(14-15-31)17-23(30)32/h4-11,22,31H,12-17,27H2,1-3H3,(H,28,33). The van der Waals surface area contributed by atoms with Gasteiger partial charge >= 0.3 is 5.97 Å². The molecular weight excluding hydrogens is 448 g/mol. The van der Waals surface area contributed by atoms with Gasteiger partial charge in [-0.3, -0.25) is 14.5 Å². The second-order valence-corrected chi connectivity index (χ2v) is 9.59. The summed E-state index contributed by atoms with van der Waals surface area (Å²) in [6, 6.07) is 13.1. The van der Waals surface area contributed by atoms with Gasteiger partial charge in [-0.1, -0.05) is 12.1 Å². The van der Waals surface area contributed by atoms with E-state index in [1.165, 1.54) is 0 Å². The molecule has 0 bridgehead atoms. The fourth-order valence-corrected chi connectivity index (χ4v) is 3.75. The Bertz CT molecular complexity index is 1030. The molecule has 9 heteroatoms. The number of hydrogen-bond donors (Lipinski definition) is 3. The highest BCUT2D eigenvalue weighted by Gasteiger charge is 2.25. The maximum Gasteiger partial charge on any atom is 0.338 e. The average molecular weight is 483 g/mol. The van der Waals surface area contributed by atoms with Gasteiger partial charge in [-0.05, 0) is 69.2 Å². The van der Waals surface area contributed by atoms with E-state index in [9.17, 15) is 14.4 Å². The molecule has 2 amide bonds. The number of ether oxygens (including phenoxy) is 1. The molecule has 9 nitrogen and oxygen atoms in total. The third-order valence-electron chi connectivity index (χ3n) is 5.54. The van der Waals surface area contributed by atoms with Crippen LogP contribution in [0.2, 0.25) is 0 Å². The first-order valence-electron chi connectivity index (χ1n) is 11.7. The Labute approximate surface area is 205 Å². The molecule has 1 atom stereocenters. The second kappa shape index (κ2) is 11.4. The molecular formula is C26H34N4O5. The number of aliphatic hydroxyl groups is 1. The molecule has 1 aliphatic rings. The second-order valence-electron chi connectivity index (χ2n) is 9.59. The molecule has 1 unspecified atom stereocenters. The number of hydrogen-bond acceptors (Lipinski definition) is 7. The third kappa shape index (κ3) is 7.61. The molecule has 0 radical (unpaired) electrons. The summed E-state index contributed by atoms with van der Waals surface area (Å²) in [5, 5.41) is 11.8. The minimum Gasteiger partial charge on any atom is -0.456 e. The predicted octanol–water partition coefficient (Wildman–Crippen LogP) is 1.79. The number of rotatable bonds is 8. The normalized spacial score (nSPS) is 15.6. The van der Waals surface area contributed by atoms with Crippen LogP contribution in [-0.4, -0.2) is 72.2 Å². The topological polar surface area (TPSA) is 125 Å². The number of nitrogens with two attached hydrogens (primary N) is 1. The molecule has 0 saturated carbocycles. The van der Waals surface area contributed by atoms with Crippen LogP contribution >= 0.6 is 0 Å². The molecule has 1 heterocycles. The van der Waals surface area contributed by atoms with Gasteiger partial charge in [0, 0.05) is 31.0 Å². The van der Waals surface area contributed by atoms with Gasteiger partial charge in [0.05, 0.1) is 24.8 Å². The first-order valence-corrected chi connectivity index (χ1v) is 11.7. The van der Waals surface area contributed by atoms with E-state index in [2.05, 4.69) is 5.32 Å². The van der Waals surface area contributed by atoms with Crippen molar-refractivity contribution in [3.63, 3.8) is 0 Å². The van der Waals surface area contributed by atoms with Crippen LogP contribution < -0.4 is 16.0 Å². The number of benzene rings is 2. The molecule has 1 saturated heterocycles. The number of β-amino-alcohol motifs (C(OH)–C–C–N with tert-alkyl or cyclic N) is 1. The van der Waals surface area contributed by atoms with Crippen LogP contribution in [0.25, 0.3) is 0 Å². The number of piperazine rings is 1. The lowest BCUT2D eigenvalue weighted by Crippen LogP contribution is -2.51. The Morgan fingerprint density at radius 2 is 1.74 bits per heavy atom. The van der Waals surface area contributed by atoms with E-state index < -0.39 is 17.6 Å². The quantitative estimate of drug-likeness (QED) is 0.490. The summed E-state index contributed by atoms with van der Waals surface area (Å²) in [4.78, 5) is 40.8. The molecule has 0 aliphatic carbocycles. The number of carbonyl (C=O) groups is 3. The third-order valence-corrected chi connectivity index (χ3v) is 5.54. The van der Waals surface area contributed by atoms with Crippen LogP contribution in [0.15, 0.2) is 48.5 Å². The Morgan fingerprint density at radius 3 is 2.31 bits per heavy atom. The number of aliphatic hydroxyl groups excluding tert-OH is 1. The summed E-state index contributed by atoms with van der Waals surface area (Å²) in [5.41, 5.74) is 8.14. The summed E-state index contributed by atoms with van der Waals surface area (Å²) in [6.45, 7) is 7.48. The minimum absolute atomic E-state index is 0.00813. The van der Waals surface area contributed by atoms with E-state index >= 15 is 0 Å². The number of nitrogens with zero attached hydrogens (tertiary/aromatic N) is 2.